The predicted octanol–water partition coefficient (Wildman–Crippen LogP) is 6.36. The zero-order valence-corrected chi connectivity index (χ0v) is 21.0. The number of benzene rings is 3. The maximum Gasteiger partial charge on any atom is 0.254 e. The molecule has 1 heterocycles. The van der Waals surface area contributed by atoms with Crippen molar-refractivity contribution >= 4 is 5.91 Å². The maximum absolute atomic E-state index is 14.7. The first-order chi connectivity index (χ1) is 17.9. The van der Waals surface area contributed by atoms with Crippen molar-refractivity contribution in [2.24, 2.45) is 0 Å². The summed E-state index contributed by atoms with van der Waals surface area (Å²) in [5, 5.41) is 4.83. The van der Waals surface area contributed by atoms with Crippen LogP contribution in [0.1, 0.15) is 41.4 Å². The number of nitrogens with zero attached hydrogens (tertiary/aromatic N) is 3. The standard InChI is InChI=1S/C29H29F2N3O3/c1-20(2)27-24(19-33(17-18-36-3)28(35)21-13-15-22(30)16-14-21)29(37-26-12-8-7-11-25(26)31)34(32-27)23-9-5-4-6-10-23/h4-16,20H,17-19H2,1-3H3. The van der Waals surface area contributed by atoms with Gasteiger partial charge in [-0.15, -0.1) is 0 Å². The van der Waals surface area contributed by atoms with Gasteiger partial charge in [-0.05, 0) is 54.4 Å². The van der Waals surface area contributed by atoms with E-state index in [9.17, 15) is 13.6 Å². The number of carbonyl (C=O) groups excluding carboxylic acids is 1. The molecule has 0 fully saturated rings. The number of methoxy groups -OCH3 is 1. The highest BCUT2D eigenvalue weighted by atomic mass is 19.1. The van der Waals surface area contributed by atoms with Crippen molar-refractivity contribution in [1.29, 1.82) is 0 Å². The lowest BCUT2D eigenvalue weighted by Gasteiger charge is -2.24. The number of halogens is 2. The van der Waals surface area contributed by atoms with Gasteiger partial charge in [0.05, 0.1) is 30.1 Å². The molecule has 3 aromatic carbocycles. The van der Waals surface area contributed by atoms with Crippen LogP contribution in [0.2, 0.25) is 0 Å². The highest BCUT2D eigenvalue weighted by Crippen LogP contribution is 2.35. The Morgan fingerprint density at radius 1 is 0.973 bits per heavy atom. The molecule has 0 N–H and O–H groups in total. The lowest BCUT2D eigenvalue weighted by atomic mass is 10.0. The van der Waals surface area contributed by atoms with Gasteiger partial charge in [-0.2, -0.15) is 5.10 Å². The highest BCUT2D eigenvalue weighted by molar-refractivity contribution is 5.94. The summed E-state index contributed by atoms with van der Waals surface area (Å²) in [4.78, 5) is 15.1. The number of carbonyl (C=O) groups is 1. The molecule has 0 aliphatic carbocycles. The fourth-order valence-corrected chi connectivity index (χ4v) is 3.96. The van der Waals surface area contributed by atoms with Gasteiger partial charge in [0, 0.05) is 19.2 Å². The minimum Gasteiger partial charge on any atom is -0.435 e. The first-order valence-electron chi connectivity index (χ1n) is 12.0. The quantitative estimate of drug-likeness (QED) is 0.252. The number of hydrogen-bond donors (Lipinski definition) is 0. The second kappa shape index (κ2) is 11.8. The zero-order valence-electron chi connectivity index (χ0n) is 21.0. The molecular weight excluding hydrogens is 476 g/mol. The number of hydrogen-bond acceptors (Lipinski definition) is 4. The van der Waals surface area contributed by atoms with Gasteiger partial charge in [0.25, 0.3) is 5.91 Å². The Labute approximate surface area is 215 Å². The monoisotopic (exact) mass is 505 g/mol. The lowest BCUT2D eigenvalue weighted by molar-refractivity contribution is 0.0678. The van der Waals surface area contributed by atoms with Crippen LogP contribution in [0.4, 0.5) is 8.78 Å². The first kappa shape index (κ1) is 26.0. The third kappa shape index (κ3) is 6.03. The minimum absolute atomic E-state index is 0.0202. The molecule has 4 rings (SSSR count). The summed E-state index contributed by atoms with van der Waals surface area (Å²) < 4.78 is 41.2. The second-order valence-corrected chi connectivity index (χ2v) is 8.83. The van der Waals surface area contributed by atoms with Gasteiger partial charge < -0.3 is 14.4 Å². The molecule has 0 aliphatic rings. The van der Waals surface area contributed by atoms with Gasteiger partial charge in [0.15, 0.2) is 11.6 Å². The molecule has 1 aromatic heterocycles. The molecule has 0 aliphatic heterocycles. The van der Waals surface area contributed by atoms with Crippen LogP contribution in [0.3, 0.4) is 0 Å². The zero-order chi connectivity index (χ0) is 26.4. The molecule has 4 aromatic rings. The molecule has 0 unspecified atom stereocenters. The fraction of sp³-hybridized carbons (Fsp3) is 0.241. The van der Waals surface area contributed by atoms with Gasteiger partial charge in [-0.3, -0.25) is 4.79 Å². The van der Waals surface area contributed by atoms with Crippen molar-refractivity contribution in [2.75, 3.05) is 20.3 Å². The molecule has 0 radical (unpaired) electrons. The molecule has 37 heavy (non-hydrogen) atoms. The van der Waals surface area contributed by atoms with Crippen LogP contribution in [0.15, 0.2) is 78.9 Å². The van der Waals surface area contributed by atoms with E-state index in [0.29, 0.717) is 29.3 Å². The van der Waals surface area contributed by atoms with Crippen LogP contribution in [0, 0.1) is 11.6 Å². The second-order valence-electron chi connectivity index (χ2n) is 8.83. The van der Waals surface area contributed by atoms with Crippen molar-refractivity contribution < 1.29 is 23.0 Å². The molecular formula is C29H29F2N3O3. The Balaban J connectivity index is 1.83. The summed E-state index contributed by atoms with van der Waals surface area (Å²) in [6.45, 7) is 4.69. The van der Waals surface area contributed by atoms with Crippen molar-refractivity contribution in [3.63, 3.8) is 0 Å². The Morgan fingerprint density at radius 3 is 2.30 bits per heavy atom. The Kier molecular flexibility index (Phi) is 8.30. The van der Waals surface area contributed by atoms with Crippen LogP contribution in [-0.2, 0) is 11.3 Å². The molecule has 0 saturated heterocycles. The number of amides is 1. The van der Waals surface area contributed by atoms with Crippen LogP contribution in [0.5, 0.6) is 11.6 Å². The molecule has 0 saturated carbocycles. The van der Waals surface area contributed by atoms with E-state index in [1.807, 2.05) is 44.2 Å². The average molecular weight is 506 g/mol. The smallest absolute Gasteiger partial charge is 0.254 e. The maximum atomic E-state index is 14.7. The van der Waals surface area contributed by atoms with Gasteiger partial charge in [-0.25, -0.2) is 13.5 Å². The van der Waals surface area contributed by atoms with Crippen molar-refractivity contribution in [1.82, 2.24) is 14.7 Å². The topological polar surface area (TPSA) is 56.6 Å². The van der Waals surface area contributed by atoms with Gasteiger partial charge in [-0.1, -0.05) is 44.2 Å². The van der Waals surface area contributed by atoms with Crippen LogP contribution in [-0.4, -0.2) is 40.8 Å². The van der Waals surface area contributed by atoms with E-state index < -0.39 is 11.6 Å². The number of ether oxygens (including phenoxy) is 2. The molecule has 0 atom stereocenters. The molecule has 6 nitrogen and oxygen atoms in total. The third-order valence-corrected chi connectivity index (χ3v) is 5.85. The van der Waals surface area contributed by atoms with E-state index in [1.54, 1.807) is 34.9 Å². The number of para-hydroxylation sites is 2. The summed E-state index contributed by atoms with van der Waals surface area (Å²) >= 11 is 0. The van der Waals surface area contributed by atoms with E-state index in [0.717, 1.165) is 5.69 Å². The Morgan fingerprint density at radius 2 is 1.65 bits per heavy atom. The normalized spacial score (nSPS) is 11.1. The molecule has 0 bridgehead atoms. The summed E-state index contributed by atoms with van der Waals surface area (Å²) in [7, 11) is 1.56. The largest absolute Gasteiger partial charge is 0.435 e. The van der Waals surface area contributed by atoms with Crippen molar-refractivity contribution in [2.45, 2.75) is 26.3 Å². The summed E-state index contributed by atoms with van der Waals surface area (Å²) in [6, 6.07) is 20.9. The number of rotatable bonds is 10. The van der Waals surface area contributed by atoms with Gasteiger partial charge >= 0.3 is 0 Å². The lowest BCUT2D eigenvalue weighted by Crippen LogP contribution is -2.33. The van der Waals surface area contributed by atoms with E-state index >= 15 is 0 Å². The average Bonchev–Trinajstić information content (AvgIpc) is 3.26. The molecule has 1 amide bonds. The minimum atomic E-state index is -0.515. The summed E-state index contributed by atoms with van der Waals surface area (Å²) in [5.41, 5.74) is 2.43. The molecule has 192 valence electrons. The van der Waals surface area contributed by atoms with Gasteiger partial charge in [0.1, 0.15) is 5.82 Å². The van der Waals surface area contributed by atoms with Crippen molar-refractivity contribution in [3.8, 4) is 17.3 Å². The first-order valence-corrected chi connectivity index (χ1v) is 12.0. The number of aromatic nitrogens is 2. The van der Waals surface area contributed by atoms with Gasteiger partial charge in [0.2, 0.25) is 5.88 Å². The Bertz CT molecular complexity index is 1340. The van der Waals surface area contributed by atoms with Crippen LogP contribution in [0.25, 0.3) is 5.69 Å². The van der Waals surface area contributed by atoms with E-state index in [-0.39, 0.29) is 30.7 Å². The van der Waals surface area contributed by atoms with Crippen LogP contribution >= 0.6 is 0 Å². The van der Waals surface area contributed by atoms with Crippen LogP contribution < -0.4 is 4.74 Å². The highest BCUT2D eigenvalue weighted by Gasteiger charge is 2.27. The van der Waals surface area contributed by atoms with Crippen molar-refractivity contribution in [3.05, 3.63) is 107 Å². The molecule has 0 spiro atoms. The van der Waals surface area contributed by atoms with E-state index in [2.05, 4.69) is 0 Å². The fourth-order valence-electron chi connectivity index (χ4n) is 3.96. The molecule has 8 heteroatoms. The third-order valence-electron chi connectivity index (χ3n) is 5.85. The van der Waals surface area contributed by atoms with E-state index in [1.165, 1.54) is 30.3 Å². The van der Waals surface area contributed by atoms with E-state index in [4.69, 9.17) is 14.6 Å². The predicted molar refractivity (Wildman–Crippen MR) is 137 cm³/mol. The summed E-state index contributed by atoms with van der Waals surface area (Å²) in [6.07, 6.45) is 0. The Hall–Kier alpha value is -4.04. The SMILES string of the molecule is COCCN(Cc1c(C(C)C)nn(-c2ccccc2)c1Oc1ccccc1F)C(=O)c1ccc(F)cc1. The summed E-state index contributed by atoms with van der Waals surface area (Å²) in [5.74, 6) is -0.895.